The van der Waals surface area contributed by atoms with E-state index < -0.39 is 0 Å². The summed E-state index contributed by atoms with van der Waals surface area (Å²) in [4.78, 5) is 0. The molecule has 3 nitrogen and oxygen atoms in total. The zero-order valence-corrected chi connectivity index (χ0v) is 23.0. The van der Waals surface area contributed by atoms with Gasteiger partial charge in [-0.2, -0.15) is 6.92 Å². The number of unbranched alkanes of at least 4 members (excludes halogenated alkanes) is 1. The van der Waals surface area contributed by atoms with E-state index in [0.29, 0.717) is 0 Å². The summed E-state index contributed by atoms with van der Waals surface area (Å²) in [5, 5.41) is 9.06. The molecule has 1 aliphatic carbocycles. The molecule has 0 aromatic carbocycles. The van der Waals surface area contributed by atoms with Crippen molar-refractivity contribution >= 4 is 0 Å². The van der Waals surface area contributed by atoms with Crippen LogP contribution in [0.25, 0.3) is 10.6 Å². The molecule has 0 aromatic rings. The smallest absolute Gasteiger partial charge is 0.673 e. The summed E-state index contributed by atoms with van der Waals surface area (Å²) in [5.41, 5.74) is 0.0440. The van der Waals surface area contributed by atoms with Crippen molar-refractivity contribution in [3.63, 3.8) is 0 Å². The third kappa shape index (κ3) is 25.1. The van der Waals surface area contributed by atoms with Gasteiger partial charge in [-0.1, -0.05) is 80.1 Å². The minimum Gasteiger partial charge on any atom is -0.673 e. The van der Waals surface area contributed by atoms with Crippen LogP contribution in [0.1, 0.15) is 100 Å². The van der Waals surface area contributed by atoms with Gasteiger partial charge in [0.2, 0.25) is 0 Å². The molecule has 0 radical (unpaired) electrons. The van der Waals surface area contributed by atoms with Crippen LogP contribution in [0.5, 0.6) is 0 Å². The van der Waals surface area contributed by atoms with Gasteiger partial charge in [-0.05, 0) is 12.3 Å². The predicted octanol–water partition coefficient (Wildman–Crippen LogP) is 7.51. The Kier molecular flexibility index (Phi) is 22.1. The molecule has 1 rings (SSSR count). The Morgan fingerprint density at radius 1 is 0.923 bits per heavy atom. The molecule has 154 valence electrons. The van der Waals surface area contributed by atoms with Gasteiger partial charge in [0, 0.05) is 13.7 Å². The Hall–Kier alpha value is 1.07. The summed E-state index contributed by atoms with van der Waals surface area (Å²) in [6.07, 6.45) is 10.1. The summed E-state index contributed by atoms with van der Waals surface area (Å²) >= 11 is 0. The molecule has 0 aliphatic heterocycles. The molecule has 0 unspecified atom stereocenters. The van der Waals surface area contributed by atoms with Crippen LogP contribution in [0, 0.1) is 48.4 Å². The first kappa shape index (κ1) is 31.8. The van der Waals surface area contributed by atoms with Gasteiger partial charge in [-0.3, -0.25) is 0 Å². The summed E-state index contributed by atoms with van der Waals surface area (Å²) in [7, 11) is 1.79. The Balaban J connectivity index is -0.000000359. The third-order valence-electron chi connectivity index (χ3n) is 3.83. The summed E-state index contributed by atoms with van der Waals surface area (Å²) < 4.78 is 5.01. The van der Waals surface area contributed by atoms with Crippen molar-refractivity contribution in [1.82, 2.24) is 0 Å². The first-order valence-corrected chi connectivity index (χ1v) is 10.2. The van der Waals surface area contributed by atoms with Crippen molar-refractivity contribution in [3.05, 3.63) is 17.6 Å². The molecule has 26 heavy (non-hydrogen) atoms. The molecule has 0 spiro atoms. The Bertz CT molecular complexity index is 263. The average molecular weight is 495 g/mol. The van der Waals surface area contributed by atoms with Gasteiger partial charge in [0.05, 0.1) is 0 Å². The number of rotatable bonds is 7. The van der Waals surface area contributed by atoms with Crippen LogP contribution in [0.2, 0.25) is 0 Å². The Labute approximate surface area is 194 Å². The second-order valence-electron chi connectivity index (χ2n) is 8.87. The summed E-state index contributed by atoms with van der Waals surface area (Å²) in [6, 6.07) is 0. The van der Waals surface area contributed by atoms with Gasteiger partial charge >= 0.3 is 35.6 Å². The van der Waals surface area contributed by atoms with E-state index in [1.54, 1.807) is 14.0 Å². The molecule has 4 heteroatoms. The van der Waals surface area contributed by atoms with E-state index in [1.165, 1.54) is 44.9 Å². The fraction of sp³-hybridized carbons (Fsp3) is 0.955. The van der Waals surface area contributed by atoms with Crippen LogP contribution in [-0.2, 0) is 4.74 Å². The normalized spacial score (nSPS) is 14.9. The first-order valence-electron chi connectivity index (χ1n) is 10.2. The molecule has 0 heterocycles. The SMILES string of the molecule is CC([N-]C(C)(C)C)[N-]C(C)(C)C.COCCCCC1CCCC1.[CH2-]C.[La+3]. The number of hydrogen-bond donors (Lipinski definition) is 0. The van der Waals surface area contributed by atoms with Gasteiger partial charge in [-0.15, -0.1) is 18.0 Å². The van der Waals surface area contributed by atoms with Crippen molar-refractivity contribution < 1.29 is 40.3 Å². The molecule has 1 saturated carbocycles. The van der Waals surface area contributed by atoms with Gasteiger partial charge in [-0.25, -0.2) is 6.17 Å². The zero-order valence-electron chi connectivity index (χ0n) is 19.4. The summed E-state index contributed by atoms with van der Waals surface area (Å²) in [5.74, 6) is 1.06. The van der Waals surface area contributed by atoms with E-state index in [-0.39, 0.29) is 52.8 Å². The van der Waals surface area contributed by atoms with E-state index in [1.807, 2.05) is 6.92 Å². The van der Waals surface area contributed by atoms with Gasteiger partial charge < -0.3 is 22.3 Å². The second-order valence-corrected chi connectivity index (χ2v) is 8.87. The monoisotopic (exact) mass is 494 g/mol. The maximum absolute atomic E-state index is 5.01. The van der Waals surface area contributed by atoms with Gasteiger partial charge in [0.1, 0.15) is 0 Å². The number of methoxy groups -OCH3 is 1. The van der Waals surface area contributed by atoms with E-state index in [9.17, 15) is 0 Å². The topological polar surface area (TPSA) is 37.4 Å². The predicted molar refractivity (Wildman–Crippen MR) is 114 cm³/mol. The standard InChI is InChI=1S/C10H22N2.C10H20O.C2H5.La/c1-8(11-9(2,3)4)12-10(5,6)7;1-11-9-5-4-8-10-6-2-3-7-10;1-2;/h8H,1-7H3;10H,2-9H2,1H3;1H2,2H3;/q-2;;-1;+3. The fourth-order valence-electron chi connectivity index (χ4n) is 3.13. The summed E-state index contributed by atoms with van der Waals surface area (Å²) in [6.45, 7) is 20.6. The molecule has 0 saturated heterocycles. The minimum absolute atomic E-state index is 0. The van der Waals surface area contributed by atoms with E-state index >= 15 is 0 Å². The molecule has 1 fully saturated rings. The van der Waals surface area contributed by atoms with Crippen molar-refractivity contribution in [2.24, 2.45) is 5.92 Å². The molecule has 1 aliphatic rings. The molecular formula is C22H47LaN2O. The van der Waals surface area contributed by atoms with Crippen molar-refractivity contribution in [2.75, 3.05) is 13.7 Å². The van der Waals surface area contributed by atoms with E-state index in [0.717, 1.165) is 12.5 Å². The number of nitrogens with zero attached hydrogens (tertiary/aromatic N) is 2. The van der Waals surface area contributed by atoms with Gasteiger partial charge in [0.15, 0.2) is 0 Å². The second kappa shape index (κ2) is 18.1. The molecular weight excluding hydrogens is 447 g/mol. The minimum atomic E-state index is 0. The van der Waals surface area contributed by atoms with Crippen LogP contribution in [-0.4, -0.2) is 31.0 Å². The quantitative estimate of drug-likeness (QED) is 0.267. The van der Waals surface area contributed by atoms with Crippen molar-refractivity contribution in [3.8, 4) is 0 Å². The van der Waals surface area contributed by atoms with E-state index in [2.05, 4.69) is 59.1 Å². The Morgan fingerprint density at radius 3 is 1.69 bits per heavy atom. The molecule has 0 amide bonds. The zero-order chi connectivity index (χ0) is 19.9. The molecule has 0 bridgehead atoms. The molecule has 0 N–H and O–H groups in total. The first-order chi connectivity index (χ1) is 11.5. The van der Waals surface area contributed by atoms with E-state index in [4.69, 9.17) is 4.74 Å². The van der Waals surface area contributed by atoms with Crippen LogP contribution in [0.15, 0.2) is 0 Å². The van der Waals surface area contributed by atoms with Crippen LogP contribution < -0.4 is 0 Å². The maximum Gasteiger partial charge on any atom is 3.00 e. The number of ether oxygens (including phenoxy) is 1. The molecule has 0 atom stereocenters. The maximum atomic E-state index is 5.01. The fourth-order valence-corrected chi connectivity index (χ4v) is 3.13. The third-order valence-corrected chi connectivity index (χ3v) is 3.83. The van der Waals surface area contributed by atoms with Gasteiger partial charge in [0.25, 0.3) is 0 Å². The van der Waals surface area contributed by atoms with Crippen LogP contribution in [0.3, 0.4) is 0 Å². The van der Waals surface area contributed by atoms with Crippen LogP contribution >= 0.6 is 0 Å². The molecule has 0 aromatic heterocycles. The average Bonchev–Trinajstić information content (AvgIpc) is 2.95. The number of hydrogen-bond acceptors (Lipinski definition) is 1. The van der Waals surface area contributed by atoms with Crippen molar-refractivity contribution in [1.29, 1.82) is 0 Å². The Morgan fingerprint density at radius 2 is 1.35 bits per heavy atom. The van der Waals surface area contributed by atoms with Crippen LogP contribution in [0.4, 0.5) is 0 Å². The largest absolute Gasteiger partial charge is 3.00 e. The van der Waals surface area contributed by atoms with Crippen molar-refractivity contribution in [2.45, 2.75) is 118 Å².